The van der Waals surface area contributed by atoms with Gasteiger partial charge in [0.2, 0.25) is 0 Å². The van der Waals surface area contributed by atoms with Crippen LogP contribution in [0.5, 0.6) is 5.75 Å². The highest BCUT2D eigenvalue weighted by Gasteiger charge is 2.32. The van der Waals surface area contributed by atoms with E-state index in [1.165, 1.54) is 27.8 Å². The third-order valence-corrected chi connectivity index (χ3v) is 8.56. The molecule has 0 aliphatic rings. The normalized spacial score (nSPS) is 13.0. The van der Waals surface area contributed by atoms with Crippen LogP contribution in [0.15, 0.2) is 97.1 Å². The van der Waals surface area contributed by atoms with Crippen molar-refractivity contribution in [3.63, 3.8) is 0 Å². The summed E-state index contributed by atoms with van der Waals surface area (Å²) in [5.74, 6) is 0.975. The van der Waals surface area contributed by atoms with Crippen LogP contribution in [-0.2, 0) is 18.0 Å². The van der Waals surface area contributed by atoms with Crippen LogP contribution in [-0.4, -0.2) is 13.4 Å². The summed E-state index contributed by atoms with van der Waals surface area (Å²) in [5.41, 5.74) is 7.09. The number of hydrogen-bond donors (Lipinski definition) is 0. The second-order valence-electron chi connectivity index (χ2n) is 9.57. The van der Waals surface area contributed by atoms with E-state index in [-0.39, 0.29) is 5.16 Å². The van der Waals surface area contributed by atoms with E-state index >= 15 is 0 Å². The van der Waals surface area contributed by atoms with Gasteiger partial charge < -0.3 is 4.74 Å². The van der Waals surface area contributed by atoms with Gasteiger partial charge in [-0.2, -0.15) is 0 Å². The van der Waals surface area contributed by atoms with Gasteiger partial charge >= 0.3 is 0 Å². The first kappa shape index (κ1) is 25.9. The Morgan fingerprint density at radius 1 is 0.806 bits per heavy atom. The molecular weight excluding hydrogens is 459 g/mol. The topological polar surface area (TPSA) is 26.3 Å². The minimum Gasteiger partial charge on any atom is -0.496 e. The Balaban J connectivity index is 1.86. The quantitative estimate of drug-likeness (QED) is 0.158. The molecule has 184 valence electrons. The van der Waals surface area contributed by atoms with E-state index in [2.05, 4.69) is 92.7 Å². The summed E-state index contributed by atoms with van der Waals surface area (Å²) in [5, 5.41) is 0.959. The number of carbonyl (C=O) groups excluding carboxylic acids is 1. The van der Waals surface area contributed by atoms with Gasteiger partial charge in [-0.25, -0.2) is 0 Å². The van der Waals surface area contributed by atoms with Crippen molar-refractivity contribution in [2.45, 2.75) is 44.7 Å². The first-order valence-electron chi connectivity index (χ1n) is 12.7. The van der Waals surface area contributed by atoms with Crippen molar-refractivity contribution >= 4 is 20.2 Å². The van der Waals surface area contributed by atoms with Crippen LogP contribution in [0.3, 0.4) is 0 Å². The SMILES string of the molecule is CCCC(C)(Pc1ccccc1C=O)c1cc(Cc2ccccc2)cc(Cc2ccccc2)c1OC. The number of aldehydes is 1. The van der Waals surface area contributed by atoms with Crippen LogP contribution in [0.1, 0.15) is 64.9 Å². The summed E-state index contributed by atoms with van der Waals surface area (Å²) in [4.78, 5) is 11.8. The maximum atomic E-state index is 11.8. The number of methoxy groups -OCH3 is 1. The van der Waals surface area contributed by atoms with E-state index in [4.69, 9.17) is 4.74 Å². The van der Waals surface area contributed by atoms with Gasteiger partial charge in [-0.05, 0) is 40.4 Å². The fraction of sp³-hybridized carbons (Fsp3) is 0.242. The Morgan fingerprint density at radius 2 is 1.42 bits per heavy atom. The monoisotopic (exact) mass is 494 g/mol. The molecule has 2 atom stereocenters. The van der Waals surface area contributed by atoms with Gasteiger partial charge in [0, 0.05) is 22.7 Å². The van der Waals surface area contributed by atoms with Crippen molar-refractivity contribution in [1.29, 1.82) is 0 Å². The molecule has 36 heavy (non-hydrogen) atoms. The number of hydrogen-bond acceptors (Lipinski definition) is 2. The van der Waals surface area contributed by atoms with Gasteiger partial charge in [0.25, 0.3) is 0 Å². The van der Waals surface area contributed by atoms with Crippen LogP contribution in [0, 0.1) is 0 Å². The first-order valence-corrected chi connectivity index (χ1v) is 13.7. The first-order chi connectivity index (χ1) is 17.6. The Morgan fingerprint density at radius 3 is 2.03 bits per heavy atom. The zero-order valence-corrected chi connectivity index (χ0v) is 22.5. The van der Waals surface area contributed by atoms with E-state index in [0.717, 1.165) is 48.6 Å². The van der Waals surface area contributed by atoms with E-state index in [0.29, 0.717) is 8.58 Å². The summed E-state index contributed by atoms with van der Waals surface area (Å²) in [6.07, 6.45) is 4.73. The lowest BCUT2D eigenvalue weighted by molar-refractivity contribution is 0.112. The Labute approximate surface area is 217 Å². The third kappa shape index (κ3) is 6.12. The maximum Gasteiger partial charge on any atom is 0.150 e. The predicted octanol–water partition coefficient (Wildman–Crippen LogP) is 7.71. The van der Waals surface area contributed by atoms with Gasteiger partial charge in [-0.3, -0.25) is 4.79 Å². The largest absolute Gasteiger partial charge is 0.496 e. The number of carbonyl (C=O) groups is 1. The minimum absolute atomic E-state index is 0.155. The molecule has 2 nitrogen and oxygen atoms in total. The highest BCUT2D eigenvalue weighted by Crippen LogP contribution is 2.50. The van der Waals surface area contributed by atoms with Gasteiger partial charge in [0.15, 0.2) is 6.29 Å². The lowest BCUT2D eigenvalue weighted by Crippen LogP contribution is -2.22. The van der Waals surface area contributed by atoms with Gasteiger partial charge in [0.05, 0.1) is 7.11 Å². The number of rotatable bonds is 11. The molecule has 3 heteroatoms. The molecule has 0 radical (unpaired) electrons. The molecule has 4 aromatic carbocycles. The molecule has 0 saturated carbocycles. The molecule has 0 heterocycles. The highest BCUT2D eigenvalue weighted by molar-refractivity contribution is 7.48. The fourth-order valence-corrected chi connectivity index (χ4v) is 6.82. The summed E-state index contributed by atoms with van der Waals surface area (Å²) in [7, 11) is 2.25. The lowest BCUT2D eigenvalue weighted by atomic mass is 9.88. The van der Waals surface area contributed by atoms with Gasteiger partial charge in [0.1, 0.15) is 5.75 Å². The van der Waals surface area contributed by atoms with Crippen LogP contribution in [0.2, 0.25) is 0 Å². The van der Waals surface area contributed by atoms with Crippen LogP contribution >= 0.6 is 8.58 Å². The van der Waals surface area contributed by atoms with Crippen molar-refractivity contribution in [1.82, 2.24) is 0 Å². The molecular formula is C33H35O2P. The predicted molar refractivity (Wildman–Crippen MR) is 154 cm³/mol. The van der Waals surface area contributed by atoms with E-state index in [9.17, 15) is 4.79 Å². The zero-order chi connectivity index (χ0) is 25.4. The highest BCUT2D eigenvalue weighted by atomic mass is 31.1. The second kappa shape index (κ2) is 12.2. The maximum absolute atomic E-state index is 11.8. The Kier molecular flexibility index (Phi) is 8.73. The molecule has 0 fully saturated rings. The lowest BCUT2D eigenvalue weighted by Gasteiger charge is -2.33. The molecule has 2 unspecified atom stereocenters. The van der Waals surface area contributed by atoms with Crippen LogP contribution in [0.4, 0.5) is 0 Å². The fourth-order valence-electron chi connectivity index (χ4n) is 5.06. The molecule has 0 aromatic heterocycles. The third-order valence-electron chi connectivity index (χ3n) is 6.76. The molecule has 0 aliphatic heterocycles. The molecule has 0 saturated heterocycles. The Hall–Kier alpha value is -3.22. The molecule has 4 aromatic rings. The van der Waals surface area contributed by atoms with E-state index in [1.54, 1.807) is 7.11 Å². The summed E-state index contributed by atoms with van der Waals surface area (Å²) in [6, 6.07) is 33.9. The van der Waals surface area contributed by atoms with Gasteiger partial charge in [-0.15, -0.1) is 0 Å². The zero-order valence-electron chi connectivity index (χ0n) is 21.5. The second-order valence-corrected chi connectivity index (χ2v) is 11.5. The molecule has 0 amide bonds. The van der Waals surface area contributed by atoms with E-state index < -0.39 is 0 Å². The van der Waals surface area contributed by atoms with Crippen molar-refractivity contribution in [2.24, 2.45) is 0 Å². The summed E-state index contributed by atoms with van der Waals surface area (Å²) in [6.45, 7) is 4.58. The van der Waals surface area contributed by atoms with Crippen LogP contribution < -0.4 is 10.0 Å². The van der Waals surface area contributed by atoms with Crippen molar-refractivity contribution in [3.05, 3.63) is 130 Å². The average molecular weight is 495 g/mol. The number of benzene rings is 4. The van der Waals surface area contributed by atoms with Gasteiger partial charge in [-0.1, -0.05) is 126 Å². The molecule has 4 rings (SSSR count). The van der Waals surface area contributed by atoms with E-state index in [1.807, 2.05) is 18.2 Å². The molecule has 0 N–H and O–H groups in total. The smallest absolute Gasteiger partial charge is 0.150 e. The molecule has 0 bridgehead atoms. The number of ether oxygens (including phenoxy) is 1. The van der Waals surface area contributed by atoms with Crippen molar-refractivity contribution in [3.8, 4) is 5.75 Å². The van der Waals surface area contributed by atoms with Crippen LogP contribution in [0.25, 0.3) is 0 Å². The summed E-state index contributed by atoms with van der Waals surface area (Å²) >= 11 is 0. The molecule has 0 aliphatic carbocycles. The molecule has 0 spiro atoms. The summed E-state index contributed by atoms with van der Waals surface area (Å²) < 4.78 is 6.18. The standard InChI is InChI=1S/C33H35O2P/c1-4-19-33(2,36-31-18-12-11-17-28(31)24-34)30-23-27(20-25-13-7-5-8-14-25)22-29(32(30)35-3)21-26-15-9-6-10-16-26/h5-18,22-24,36H,4,19-21H2,1-3H3. The average Bonchev–Trinajstić information content (AvgIpc) is 2.90. The minimum atomic E-state index is -0.155. The Bertz CT molecular complexity index is 1280. The van der Waals surface area contributed by atoms with Crippen molar-refractivity contribution < 1.29 is 9.53 Å². The van der Waals surface area contributed by atoms with Crippen molar-refractivity contribution in [2.75, 3.05) is 7.11 Å².